The van der Waals surface area contributed by atoms with Crippen molar-refractivity contribution >= 4 is 97.5 Å². The fraction of sp³-hybridized carbons (Fsp3) is 0.448. The molecule has 536 valence electrons. The van der Waals surface area contributed by atoms with Crippen molar-refractivity contribution < 1.29 is 78.3 Å². The van der Waals surface area contributed by atoms with E-state index in [9.17, 15) is 63.9 Å². The molecule has 1 saturated heterocycles. The van der Waals surface area contributed by atoms with Crippen LogP contribution in [0.1, 0.15) is 74.6 Å². The Kier molecular flexibility index (Phi) is 31.9. The number of hydrogen-bond donors (Lipinski definition) is 19. The molecule has 0 spiro atoms. The first-order valence-electron chi connectivity index (χ1n) is 32.4. The number of H-pyrrole nitrogens is 1. The molecule has 5 aromatic rings. The zero-order chi connectivity index (χ0) is 72.1. The zero-order valence-electron chi connectivity index (χ0n) is 54.9. The minimum atomic E-state index is -1.94. The number of carbonyl (C=O) groups is 11. The van der Waals surface area contributed by atoms with Crippen LogP contribution < -0.4 is 70.4 Å². The Labute approximate surface area is 579 Å². The average molecular weight is 1410 g/mol. The van der Waals surface area contributed by atoms with Gasteiger partial charge in [0.05, 0.1) is 24.9 Å². The van der Waals surface area contributed by atoms with Gasteiger partial charge in [0.25, 0.3) is 0 Å². The summed E-state index contributed by atoms with van der Waals surface area (Å²) in [6, 6.07) is 12.1. The summed E-state index contributed by atoms with van der Waals surface area (Å²) < 4.78 is 0. The molecule has 30 nitrogen and oxygen atoms in total. The molecule has 99 heavy (non-hydrogen) atoms. The molecule has 6 rings (SSSR count). The van der Waals surface area contributed by atoms with Crippen molar-refractivity contribution in [2.45, 2.75) is 157 Å². The normalized spacial score (nSPS) is 24.5. The van der Waals surface area contributed by atoms with Gasteiger partial charge in [-0.15, -0.1) is 0 Å². The maximum absolute atomic E-state index is 15.2. The topological polar surface area (TPSA) is 503 Å². The van der Waals surface area contributed by atoms with Crippen LogP contribution in [-0.4, -0.2) is 205 Å². The quantitative estimate of drug-likeness (QED) is 0.0291. The number of para-hydroxylation sites is 1. The Bertz CT molecular complexity index is 3520. The minimum Gasteiger partial charge on any atom is -0.508 e. The highest BCUT2D eigenvalue weighted by atomic mass is 33.1. The van der Waals surface area contributed by atoms with Gasteiger partial charge in [-0.05, 0) is 106 Å². The summed E-state index contributed by atoms with van der Waals surface area (Å²) in [6.07, 6.45) is -1.48. The third kappa shape index (κ3) is 25.0. The Balaban J connectivity index is 1.43. The van der Waals surface area contributed by atoms with E-state index in [-0.39, 0.29) is 68.9 Å². The molecular formula is C67H90N14O16S2. The maximum atomic E-state index is 15.2. The molecule has 1 aliphatic heterocycles. The predicted octanol–water partition coefficient (Wildman–Crippen LogP) is -2.19. The van der Waals surface area contributed by atoms with E-state index in [4.69, 9.17) is 17.2 Å². The molecule has 2 heterocycles. The minimum absolute atomic E-state index is 0.0279. The van der Waals surface area contributed by atoms with Gasteiger partial charge in [0.1, 0.15) is 66.2 Å². The predicted molar refractivity (Wildman–Crippen MR) is 370 cm³/mol. The Morgan fingerprint density at radius 2 is 0.848 bits per heavy atom. The van der Waals surface area contributed by atoms with Crippen molar-refractivity contribution in [1.29, 1.82) is 0 Å². The lowest BCUT2D eigenvalue weighted by Gasteiger charge is -2.29. The Morgan fingerprint density at radius 1 is 0.465 bits per heavy atom. The van der Waals surface area contributed by atoms with E-state index in [1.165, 1.54) is 24.3 Å². The third-order valence-electron chi connectivity index (χ3n) is 16.2. The Hall–Kier alpha value is -9.15. The molecule has 0 unspecified atom stereocenters. The second kappa shape index (κ2) is 40.0. The van der Waals surface area contributed by atoms with Crippen molar-refractivity contribution in [3.63, 3.8) is 0 Å². The summed E-state index contributed by atoms with van der Waals surface area (Å²) in [5.41, 5.74) is 20.8. The number of aromatic amines is 1. The van der Waals surface area contributed by atoms with Gasteiger partial charge in [-0.2, -0.15) is 0 Å². The van der Waals surface area contributed by atoms with Crippen molar-refractivity contribution in [3.05, 3.63) is 138 Å². The third-order valence-corrected chi connectivity index (χ3v) is 18.6. The van der Waals surface area contributed by atoms with Gasteiger partial charge in [-0.1, -0.05) is 113 Å². The molecule has 0 aliphatic carbocycles. The smallest absolute Gasteiger partial charge is 0.327 e. The van der Waals surface area contributed by atoms with E-state index < -0.39 is 157 Å². The number of nitrogens with two attached hydrogens (primary N) is 3. The summed E-state index contributed by atoms with van der Waals surface area (Å²) in [7, 11) is 1.81. The lowest BCUT2D eigenvalue weighted by Crippen LogP contribution is -2.63. The highest BCUT2D eigenvalue weighted by Gasteiger charge is 2.39. The summed E-state index contributed by atoms with van der Waals surface area (Å²) in [5, 5.41) is 78.9. The fourth-order valence-corrected chi connectivity index (χ4v) is 12.9. The fourth-order valence-electron chi connectivity index (χ4n) is 10.6. The number of aromatic hydroxyl groups is 1. The number of phenolic OH excluding ortho intramolecular Hbond substituents is 1. The monoisotopic (exact) mass is 1410 g/mol. The van der Waals surface area contributed by atoms with Gasteiger partial charge in [-0.25, -0.2) is 4.79 Å². The standard InChI is InChI=1S/C67H90N14O16S2/c1-37(83)55-65(94)77-51(31-41-23-25-43(85)26-24-41)63(92)81-56(38(2)84)66(95)78-53(34-82)64(93)79-54(67(96)97)36-99-98-35-45(70)57(86)72-47(21-11-13-27-68)58(87)74-49(29-39-15-5-3-6-16-39)60(89)75-50(30-40-17-7-4-8-18-40)61(90)76-52(32-42-33-71-46-20-10-9-19-44(42)46)62(91)73-48(59(88)80-55)22-12-14-28-69/h3-10,15-20,23-26,33,37-38,45,47-56,71,82-85H,11-14,21-22,27-32,34-36,68-70H2,1-2H3,(H,72,86)(H,73,91)(H,74,87)(H,75,89)(H,76,90)(H,77,94)(H,78,95)(H,79,93)(H,80,88)(H,81,92)(H,96,97)/t37-,38-,45-,47-,48+,49-,50+,51+,52+,53+,54+,55-,56-/m1/s1. The summed E-state index contributed by atoms with van der Waals surface area (Å²) in [4.78, 5) is 161. The first kappa shape index (κ1) is 78.8. The van der Waals surface area contributed by atoms with Gasteiger partial charge in [0, 0.05) is 54.3 Å². The largest absolute Gasteiger partial charge is 0.508 e. The number of carbonyl (C=O) groups excluding carboxylic acids is 10. The molecule has 4 aromatic carbocycles. The first-order chi connectivity index (χ1) is 47.4. The van der Waals surface area contributed by atoms with Gasteiger partial charge >= 0.3 is 5.97 Å². The van der Waals surface area contributed by atoms with Crippen LogP contribution in [0.25, 0.3) is 10.9 Å². The number of aromatic nitrogens is 1. The number of hydrogen-bond acceptors (Lipinski definition) is 20. The number of aliphatic carboxylic acids is 1. The first-order valence-corrected chi connectivity index (χ1v) is 34.9. The average Bonchev–Trinajstić information content (AvgIpc) is 1.82. The lowest BCUT2D eigenvalue weighted by molar-refractivity contribution is -0.142. The van der Waals surface area contributed by atoms with Gasteiger partial charge < -0.3 is 101 Å². The lowest BCUT2D eigenvalue weighted by atomic mass is 10.00. The van der Waals surface area contributed by atoms with Crippen LogP contribution in [0.15, 0.2) is 115 Å². The maximum Gasteiger partial charge on any atom is 0.327 e. The molecule has 1 aromatic heterocycles. The number of fused-ring (bicyclic) bond motifs is 1. The number of nitrogens with one attached hydrogen (secondary N) is 11. The van der Waals surface area contributed by atoms with E-state index in [0.29, 0.717) is 52.4 Å². The number of benzene rings is 4. The SMILES string of the molecule is C[C@@H](O)[C@H]1NC(=O)[C@H](Cc2ccc(O)cc2)NC(=O)[C@@H]([C@@H](C)O)NC(=O)[C@H](CCCCN)NC(=O)[C@H](Cc2c[nH]c3ccccc23)NC(=O)[C@H](Cc2ccccc2)NC(=O)[C@@H](Cc2ccccc2)NC(=O)[C@@H](CCCCN)NC(=O)[C@H](N)CSSC[C@@H](C(=O)O)NC(=O)[C@H](CO)NC1=O. The molecule has 10 amide bonds. The van der Waals surface area contributed by atoms with E-state index >= 15 is 14.4 Å². The Morgan fingerprint density at radius 3 is 1.32 bits per heavy atom. The van der Waals surface area contributed by atoms with Crippen molar-refractivity contribution in [2.24, 2.45) is 17.2 Å². The molecule has 1 fully saturated rings. The molecule has 0 saturated carbocycles. The summed E-state index contributed by atoms with van der Waals surface area (Å²) in [5.74, 6) is -12.3. The number of rotatable bonds is 20. The summed E-state index contributed by atoms with van der Waals surface area (Å²) >= 11 is 0. The molecule has 1 aliphatic rings. The number of aliphatic hydroxyl groups is 3. The molecule has 32 heteroatoms. The number of aliphatic hydroxyl groups excluding tert-OH is 3. The van der Waals surface area contributed by atoms with Crippen LogP contribution in [0.5, 0.6) is 5.75 Å². The van der Waals surface area contributed by atoms with Crippen LogP contribution in [0.4, 0.5) is 0 Å². The summed E-state index contributed by atoms with van der Waals surface area (Å²) in [6.45, 7) is 1.53. The molecule has 0 radical (unpaired) electrons. The van der Waals surface area contributed by atoms with Crippen LogP contribution in [0.3, 0.4) is 0 Å². The number of phenols is 1. The zero-order valence-corrected chi connectivity index (χ0v) is 56.5. The van der Waals surface area contributed by atoms with Crippen molar-refractivity contribution in [2.75, 3.05) is 31.2 Å². The van der Waals surface area contributed by atoms with E-state index in [0.717, 1.165) is 35.4 Å². The number of amides is 10. The highest BCUT2D eigenvalue weighted by molar-refractivity contribution is 8.76. The van der Waals surface area contributed by atoms with Crippen LogP contribution in [0, 0.1) is 0 Å². The highest BCUT2D eigenvalue weighted by Crippen LogP contribution is 2.24. The number of carboxylic acid groups (broad SMARTS) is 1. The van der Waals surface area contributed by atoms with E-state index in [2.05, 4.69) is 58.2 Å². The van der Waals surface area contributed by atoms with Crippen molar-refractivity contribution in [3.8, 4) is 5.75 Å². The number of carboxylic acids is 1. The molecule has 22 N–H and O–H groups in total. The van der Waals surface area contributed by atoms with Crippen LogP contribution in [-0.2, 0) is 78.4 Å². The van der Waals surface area contributed by atoms with Crippen LogP contribution >= 0.6 is 21.6 Å². The van der Waals surface area contributed by atoms with Gasteiger partial charge in [0.2, 0.25) is 59.1 Å². The second-order valence-electron chi connectivity index (χ2n) is 24.0. The van der Waals surface area contributed by atoms with E-state index in [1.54, 1.807) is 91.1 Å². The van der Waals surface area contributed by atoms with Gasteiger partial charge in [0.15, 0.2) is 0 Å². The van der Waals surface area contributed by atoms with E-state index in [1.807, 2.05) is 0 Å². The van der Waals surface area contributed by atoms with Crippen LogP contribution in [0.2, 0.25) is 0 Å². The second-order valence-corrected chi connectivity index (χ2v) is 26.6. The van der Waals surface area contributed by atoms with Crippen molar-refractivity contribution in [1.82, 2.24) is 58.2 Å². The molecular weight excluding hydrogens is 1320 g/mol. The number of unbranched alkanes of at least 4 members (excludes halogenated alkanes) is 2. The molecule has 13 atom stereocenters. The molecule has 0 bridgehead atoms. The van der Waals surface area contributed by atoms with Gasteiger partial charge in [-0.3, -0.25) is 47.9 Å².